The highest BCUT2D eigenvalue weighted by atomic mass is 19.2. The van der Waals surface area contributed by atoms with Crippen LogP contribution in [0.15, 0.2) is 34.3 Å². The predicted molar refractivity (Wildman–Crippen MR) is 36.1 cm³/mol. The Morgan fingerprint density at radius 3 is 2.64 bits per heavy atom. The molecule has 0 aliphatic heterocycles. The summed E-state index contributed by atoms with van der Waals surface area (Å²) in [5.41, 5.74) is 3.23. The van der Waals surface area contributed by atoms with Gasteiger partial charge >= 0.3 is 0 Å². The monoisotopic (exact) mass is 158 g/mol. The minimum absolute atomic E-state index is 0.106. The Hall–Kier alpha value is -1.14. The molecule has 0 bridgehead atoms. The molecule has 0 radical (unpaired) electrons. The van der Waals surface area contributed by atoms with E-state index in [2.05, 4.69) is 5.73 Å². The summed E-state index contributed by atoms with van der Waals surface area (Å²) in [5.74, 6) is -2.64. The van der Waals surface area contributed by atoms with Gasteiger partial charge in [-0.3, -0.25) is 0 Å². The third-order valence-electron chi connectivity index (χ3n) is 1.23. The van der Waals surface area contributed by atoms with Gasteiger partial charge in [0.2, 0.25) is 0 Å². The van der Waals surface area contributed by atoms with Gasteiger partial charge in [0.25, 0.3) is 0 Å². The highest BCUT2D eigenvalue weighted by Gasteiger charge is 2.14. The van der Waals surface area contributed by atoms with Crippen LogP contribution in [0.2, 0.25) is 0 Å². The van der Waals surface area contributed by atoms with Crippen molar-refractivity contribution in [3.05, 3.63) is 34.3 Å². The van der Waals surface area contributed by atoms with E-state index in [1.165, 1.54) is 6.92 Å². The molecule has 0 atom stereocenters. The maximum atomic E-state index is 12.9. The van der Waals surface area contributed by atoms with Crippen LogP contribution < -0.4 is 0 Å². The van der Waals surface area contributed by atoms with Crippen molar-refractivity contribution in [2.75, 3.05) is 6.56 Å². The van der Waals surface area contributed by atoms with E-state index < -0.39 is 23.8 Å². The van der Waals surface area contributed by atoms with Gasteiger partial charge in [0.05, 0.1) is 14.9 Å². The molecule has 0 aromatic carbocycles. The molecule has 0 fully saturated rings. The minimum Gasteiger partial charge on any atom is -0.391 e. The zero-order valence-corrected chi connectivity index (χ0v) is 5.70. The molecule has 0 spiro atoms. The summed E-state index contributed by atoms with van der Waals surface area (Å²) in [7, 11) is 0. The lowest BCUT2D eigenvalue weighted by Crippen LogP contribution is -1.95. The smallest absolute Gasteiger partial charge is 0.173 e. The highest BCUT2D eigenvalue weighted by Crippen LogP contribution is 2.24. The van der Waals surface area contributed by atoms with Gasteiger partial charge in [0.1, 0.15) is 0 Å². The first-order valence-corrected chi connectivity index (χ1v) is 2.85. The van der Waals surface area contributed by atoms with Crippen LogP contribution in [0.25, 0.3) is 0 Å². The zero-order chi connectivity index (χ0) is 10.2. The van der Waals surface area contributed by atoms with Gasteiger partial charge in [-0.2, -0.15) is 0 Å². The summed E-state index contributed by atoms with van der Waals surface area (Å²) < 4.78 is 39.2. The summed E-state index contributed by atoms with van der Waals surface area (Å²) in [5, 5.41) is 8.76. The summed E-state index contributed by atoms with van der Waals surface area (Å²) >= 11 is 0. The topological polar surface area (TPSA) is 20.2 Å². The molecule has 1 N–H and O–H groups in total. The van der Waals surface area contributed by atoms with Crippen molar-refractivity contribution in [1.29, 1.82) is 0 Å². The normalized spacial score (nSPS) is 20.7. The zero-order valence-electron chi connectivity index (χ0n) is 7.70. The molecule has 0 saturated carbocycles. The van der Waals surface area contributed by atoms with Gasteiger partial charge in [-0.05, 0) is 6.92 Å². The van der Waals surface area contributed by atoms with Crippen LogP contribution in [0.3, 0.4) is 0 Å². The van der Waals surface area contributed by atoms with E-state index >= 15 is 0 Å². The molecule has 1 nitrogen and oxygen atoms in total. The molecular formula is C8H6F2O. The van der Waals surface area contributed by atoms with Crippen molar-refractivity contribution in [1.82, 2.24) is 0 Å². The predicted octanol–water partition coefficient (Wildman–Crippen LogP) is 1.77. The van der Waals surface area contributed by atoms with Crippen LogP contribution in [0, 0.1) is 0 Å². The van der Waals surface area contributed by atoms with Crippen molar-refractivity contribution < 1.29 is 16.6 Å². The Labute approximate surface area is 65.5 Å². The van der Waals surface area contributed by atoms with E-state index in [9.17, 15) is 8.78 Å². The second kappa shape index (κ2) is 2.85. The first-order valence-electron chi connectivity index (χ1n) is 3.85. The van der Waals surface area contributed by atoms with E-state index in [1.54, 1.807) is 0 Å². The second-order valence-electron chi connectivity index (χ2n) is 1.99. The second-order valence-corrected chi connectivity index (χ2v) is 1.99. The average Bonchev–Trinajstić information content (AvgIpc) is 1.98. The molecule has 0 unspecified atom stereocenters. The lowest BCUT2D eigenvalue weighted by atomic mass is 10.1. The largest absolute Gasteiger partial charge is 0.391 e. The lowest BCUT2D eigenvalue weighted by Gasteiger charge is -2.02. The van der Waals surface area contributed by atoms with Gasteiger partial charge in [-0.15, -0.1) is 0 Å². The molecule has 11 heavy (non-hydrogen) atoms. The van der Waals surface area contributed by atoms with Crippen LogP contribution in [0.4, 0.5) is 8.78 Å². The summed E-state index contributed by atoms with van der Waals surface area (Å²) in [6.45, 7) is -1.67. The lowest BCUT2D eigenvalue weighted by molar-refractivity contribution is 0.326. The third-order valence-corrected chi connectivity index (χ3v) is 1.23. The van der Waals surface area contributed by atoms with Crippen molar-refractivity contribution in [2.45, 2.75) is 6.92 Å². The molecule has 1 aliphatic rings. The number of allylic oxidation sites excluding steroid dienone is 2. The fourth-order valence-corrected chi connectivity index (χ4v) is 0.617. The van der Waals surface area contributed by atoms with Gasteiger partial charge < -0.3 is 5.11 Å². The quantitative estimate of drug-likeness (QED) is 0.576. The standard InChI is InChI=1S/C8H6F2O/c1-5-2-3-6(4-11)8(10)7(5)9/h11H,4H2,1H3/i4D2. The minimum atomic E-state index is -2.94. The van der Waals surface area contributed by atoms with E-state index in [1.807, 2.05) is 5.73 Å². The number of aliphatic hydroxyl groups is 1. The first kappa shape index (κ1) is 5.50. The molecule has 3 heteroatoms. The van der Waals surface area contributed by atoms with E-state index in [0.717, 1.165) is 0 Å². The summed E-state index contributed by atoms with van der Waals surface area (Å²) in [6, 6.07) is 0. The van der Waals surface area contributed by atoms with Gasteiger partial charge in [0.15, 0.2) is 11.7 Å². The van der Waals surface area contributed by atoms with Gasteiger partial charge in [-0.25, -0.2) is 8.78 Å². The van der Waals surface area contributed by atoms with Crippen LogP contribution in [-0.4, -0.2) is 11.7 Å². The fraction of sp³-hybridized carbons (Fsp3) is 0.250. The van der Waals surface area contributed by atoms with Crippen molar-refractivity contribution in [3.63, 3.8) is 0 Å². The Morgan fingerprint density at radius 2 is 2.09 bits per heavy atom. The SMILES string of the molecule is [2H]C([2H])(O)C1=C=C=C(C)C(F)=C1F. The Kier molecular flexibility index (Phi) is 1.43. The number of hydrogen-bond donors (Lipinski definition) is 1. The molecule has 1 aliphatic carbocycles. The maximum Gasteiger partial charge on any atom is 0.173 e. The van der Waals surface area contributed by atoms with Crippen molar-refractivity contribution in [2.24, 2.45) is 0 Å². The van der Waals surface area contributed by atoms with Crippen molar-refractivity contribution >= 4 is 0 Å². The molecule has 0 aromatic heterocycles. The fourth-order valence-electron chi connectivity index (χ4n) is 0.617. The molecule has 0 aromatic rings. The van der Waals surface area contributed by atoms with Gasteiger partial charge in [0, 0.05) is 5.57 Å². The average molecular weight is 158 g/mol. The number of hydrogen-bond acceptors (Lipinski definition) is 1. The molecule has 0 saturated heterocycles. The first-order chi connectivity index (χ1) is 5.84. The Balaban J connectivity index is 3.38. The molecule has 58 valence electrons. The Morgan fingerprint density at radius 1 is 1.45 bits per heavy atom. The maximum absolute atomic E-state index is 12.9. The van der Waals surface area contributed by atoms with E-state index in [4.69, 9.17) is 7.85 Å². The third kappa shape index (κ3) is 1.31. The molecular weight excluding hydrogens is 150 g/mol. The highest BCUT2D eigenvalue weighted by molar-refractivity contribution is 5.39. The Bertz CT molecular complexity index is 377. The number of halogens is 2. The van der Waals surface area contributed by atoms with Crippen LogP contribution in [-0.2, 0) is 0 Å². The molecule has 1 rings (SSSR count). The molecule has 0 amide bonds. The van der Waals surface area contributed by atoms with Crippen LogP contribution in [0.5, 0.6) is 0 Å². The van der Waals surface area contributed by atoms with E-state index in [0.29, 0.717) is 0 Å². The molecule has 0 heterocycles. The van der Waals surface area contributed by atoms with Crippen molar-refractivity contribution in [3.8, 4) is 0 Å². The van der Waals surface area contributed by atoms with Crippen LogP contribution in [0.1, 0.15) is 9.67 Å². The van der Waals surface area contributed by atoms with Crippen LogP contribution >= 0.6 is 0 Å². The summed E-state index contributed by atoms with van der Waals surface area (Å²) in [6.07, 6.45) is 0. The summed E-state index contributed by atoms with van der Waals surface area (Å²) in [4.78, 5) is 0. The van der Waals surface area contributed by atoms with Gasteiger partial charge in [-0.1, -0.05) is 11.5 Å². The van der Waals surface area contributed by atoms with E-state index in [-0.39, 0.29) is 5.57 Å². The number of rotatable bonds is 1.